The van der Waals surface area contributed by atoms with E-state index in [0.29, 0.717) is 17.1 Å². The molecule has 218 valence electrons. The van der Waals surface area contributed by atoms with Crippen LogP contribution in [0.4, 0.5) is 4.79 Å². The zero-order valence-electron chi connectivity index (χ0n) is 24.3. The summed E-state index contributed by atoms with van der Waals surface area (Å²) < 4.78 is 20.7. The van der Waals surface area contributed by atoms with Crippen molar-refractivity contribution in [3.63, 3.8) is 0 Å². The number of rotatable bonds is 11. The van der Waals surface area contributed by atoms with E-state index in [0.717, 1.165) is 10.5 Å². The highest BCUT2D eigenvalue weighted by atomic mass is 16.6. The van der Waals surface area contributed by atoms with Crippen molar-refractivity contribution >= 4 is 23.9 Å². The van der Waals surface area contributed by atoms with E-state index in [4.69, 9.17) is 18.9 Å². The molecule has 2 aromatic carbocycles. The monoisotopic (exact) mass is 557 g/mol. The quantitative estimate of drug-likeness (QED) is 0.403. The topological polar surface area (TPSA) is 132 Å². The first-order valence-corrected chi connectivity index (χ1v) is 12.7. The fourth-order valence-corrected chi connectivity index (χ4v) is 3.76. The molecule has 40 heavy (non-hydrogen) atoms. The van der Waals surface area contributed by atoms with Crippen LogP contribution in [0.2, 0.25) is 0 Å². The molecular formula is C29H39N3O8. The first kappa shape index (κ1) is 31.9. The SMILES string of the molecule is COC(=O)[C@H](Cc1ccc(OC)cc1)NC(=O)[C@H](C)NC(=O)[C@H](c1ccc(OC)cc1)N(C)C(=O)OC(C)(C)C. The number of likely N-dealkylation sites (N-methyl/N-ethyl adjacent to an activating group) is 1. The fourth-order valence-electron chi connectivity index (χ4n) is 3.76. The summed E-state index contributed by atoms with van der Waals surface area (Å²) in [7, 11) is 5.73. The van der Waals surface area contributed by atoms with E-state index in [1.165, 1.54) is 28.2 Å². The highest BCUT2D eigenvalue weighted by Gasteiger charge is 2.34. The van der Waals surface area contributed by atoms with Gasteiger partial charge in [-0.05, 0) is 63.1 Å². The van der Waals surface area contributed by atoms with Crippen molar-refractivity contribution in [2.24, 2.45) is 0 Å². The molecule has 0 aromatic heterocycles. The van der Waals surface area contributed by atoms with Crippen molar-refractivity contribution in [2.75, 3.05) is 28.4 Å². The molecule has 2 rings (SSSR count). The lowest BCUT2D eigenvalue weighted by Gasteiger charge is -2.31. The van der Waals surface area contributed by atoms with Crippen LogP contribution in [0.15, 0.2) is 48.5 Å². The Labute approximate surface area is 235 Å². The van der Waals surface area contributed by atoms with Gasteiger partial charge in [-0.1, -0.05) is 24.3 Å². The number of ether oxygens (including phenoxy) is 4. The predicted molar refractivity (Wildman–Crippen MR) is 148 cm³/mol. The molecule has 0 radical (unpaired) electrons. The first-order chi connectivity index (χ1) is 18.8. The van der Waals surface area contributed by atoms with Gasteiger partial charge in [0, 0.05) is 13.5 Å². The molecule has 0 fully saturated rings. The lowest BCUT2D eigenvalue weighted by molar-refractivity contribution is -0.145. The van der Waals surface area contributed by atoms with E-state index >= 15 is 0 Å². The van der Waals surface area contributed by atoms with Crippen molar-refractivity contribution < 1.29 is 38.1 Å². The van der Waals surface area contributed by atoms with Crippen molar-refractivity contribution in [3.8, 4) is 11.5 Å². The van der Waals surface area contributed by atoms with E-state index in [1.807, 2.05) is 0 Å². The summed E-state index contributed by atoms with van der Waals surface area (Å²) in [6.45, 7) is 6.64. The smallest absolute Gasteiger partial charge is 0.410 e. The normalized spacial score (nSPS) is 13.2. The third-order valence-corrected chi connectivity index (χ3v) is 5.90. The van der Waals surface area contributed by atoms with E-state index in [-0.39, 0.29) is 6.42 Å². The van der Waals surface area contributed by atoms with Crippen LogP contribution in [0.1, 0.15) is 44.9 Å². The van der Waals surface area contributed by atoms with Gasteiger partial charge in [0.15, 0.2) is 0 Å². The molecule has 3 amide bonds. The molecule has 11 nitrogen and oxygen atoms in total. The molecule has 3 atom stereocenters. The van der Waals surface area contributed by atoms with Crippen LogP contribution < -0.4 is 20.1 Å². The Bertz CT molecular complexity index is 1160. The summed E-state index contributed by atoms with van der Waals surface area (Å²) in [5.41, 5.74) is 0.463. The molecule has 0 aliphatic heterocycles. The van der Waals surface area contributed by atoms with Crippen LogP contribution in [0.3, 0.4) is 0 Å². The molecule has 11 heteroatoms. The van der Waals surface area contributed by atoms with Gasteiger partial charge >= 0.3 is 12.1 Å². The van der Waals surface area contributed by atoms with E-state index in [9.17, 15) is 19.2 Å². The molecule has 0 aliphatic rings. The Hall–Kier alpha value is -4.28. The molecule has 0 spiro atoms. The van der Waals surface area contributed by atoms with Crippen molar-refractivity contribution in [1.29, 1.82) is 0 Å². The van der Waals surface area contributed by atoms with Crippen LogP contribution in [0.5, 0.6) is 11.5 Å². The van der Waals surface area contributed by atoms with Crippen molar-refractivity contribution in [3.05, 3.63) is 59.7 Å². The van der Waals surface area contributed by atoms with E-state index in [2.05, 4.69) is 10.6 Å². The third-order valence-electron chi connectivity index (χ3n) is 5.90. The highest BCUT2D eigenvalue weighted by Crippen LogP contribution is 2.25. The lowest BCUT2D eigenvalue weighted by Crippen LogP contribution is -2.53. The standard InChI is InChI=1S/C29H39N3O8/c1-18(25(33)31-23(27(35)39-8)17-19-9-13-21(37-6)14-10-19)30-26(34)24(20-11-15-22(38-7)16-12-20)32(5)28(36)40-29(2,3)4/h9-16,18,23-24H,17H2,1-8H3,(H,30,34)(H,31,33)/t18-,23-,24-/m0/s1. The van der Waals surface area contributed by atoms with Gasteiger partial charge in [0.2, 0.25) is 11.8 Å². The average molecular weight is 558 g/mol. The maximum Gasteiger partial charge on any atom is 0.410 e. The zero-order chi connectivity index (χ0) is 30.0. The van der Waals surface area contributed by atoms with Crippen LogP contribution >= 0.6 is 0 Å². The number of esters is 1. The molecule has 2 aromatic rings. The number of hydrogen-bond acceptors (Lipinski definition) is 8. The number of nitrogens with one attached hydrogen (secondary N) is 2. The van der Waals surface area contributed by atoms with Gasteiger partial charge in [-0.2, -0.15) is 0 Å². The largest absolute Gasteiger partial charge is 0.497 e. The maximum atomic E-state index is 13.5. The molecule has 0 aliphatic carbocycles. The molecule has 0 heterocycles. The number of carbonyl (C=O) groups is 4. The van der Waals surface area contributed by atoms with Crippen LogP contribution in [0.25, 0.3) is 0 Å². The van der Waals surface area contributed by atoms with Gasteiger partial charge in [-0.3, -0.25) is 14.5 Å². The Morgan fingerprint density at radius 3 is 1.82 bits per heavy atom. The Morgan fingerprint density at radius 2 is 1.35 bits per heavy atom. The minimum atomic E-state index is -1.12. The first-order valence-electron chi connectivity index (χ1n) is 12.7. The summed E-state index contributed by atoms with van der Waals surface area (Å²) in [4.78, 5) is 53.0. The van der Waals surface area contributed by atoms with Gasteiger partial charge in [-0.15, -0.1) is 0 Å². The van der Waals surface area contributed by atoms with Gasteiger partial charge in [-0.25, -0.2) is 9.59 Å². The van der Waals surface area contributed by atoms with E-state index < -0.39 is 47.6 Å². The van der Waals surface area contributed by atoms with Crippen LogP contribution in [-0.2, 0) is 30.3 Å². The fraction of sp³-hybridized carbons (Fsp3) is 0.448. The van der Waals surface area contributed by atoms with Gasteiger partial charge < -0.3 is 29.6 Å². The van der Waals surface area contributed by atoms with Gasteiger partial charge in [0.1, 0.15) is 35.2 Å². The van der Waals surface area contributed by atoms with Crippen LogP contribution in [0, 0.1) is 0 Å². The number of hydrogen-bond donors (Lipinski definition) is 2. The van der Waals surface area contributed by atoms with Crippen molar-refractivity contribution in [1.82, 2.24) is 15.5 Å². The zero-order valence-corrected chi connectivity index (χ0v) is 24.3. The second-order valence-electron chi connectivity index (χ2n) is 10.1. The molecule has 2 N–H and O–H groups in total. The highest BCUT2D eigenvalue weighted by molar-refractivity contribution is 5.93. The Kier molecular flexibility index (Phi) is 11.3. The minimum absolute atomic E-state index is 0.166. The Morgan fingerprint density at radius 1 is 0.825 bits per heavy atom. The molecular weight excluding hydrogens is 518 g/mol. The number of nitrogens with zero attached hydrogens (tertiary/aromatic N) is 1. The number of methoxy groups -OCH3 is 3. The van der Waals surface area contributed by atoms with Crippen molar-refractivity contribution in [2.45, 2.75) is 57.8 Å². The molecule has 0 saturated carbocycles. The Balaban J connectivity index is 2.21. The van der Waals surface area contributed by atoms with Gasteiger partial charge in [0.25, 0.3) is 0 Å². The molecule has 0 unspecified atom stereocenters. The van der Waals surface area contributed by atoms with Gasteiger partial charge in [0.05, 0.1) is 21.3 Å². The molecule has 0 saturated heterocycles. The molecule has 0 bridgehead atoms. The average Bonchev–Trinajstić information content (AvgIpc) is 2.91. The summed E-state index contributed by atoms with van der Waals surface area (Å²) in [5.74, 6) is -0.636. The number of carbonyl (C=O) groups excluding carboxylic acids is 4. The summed E-state index contributed by atoms with van der Waals surface area (Å²) >= 11 is 0. The minimum Gasteiger partial charge on any atom is -0.497 e. The van der Waals surface area contributed by atoms with Crippen LogP contribution in [-0.4, -0.2) is 74.8 Å². The van der Waals surface area contributed by atoms with E-state index in [1.54, 1.807) is 76.4 Å². The maximum absolute atomic E-state index is 13.5. The second-order valence-corrected chi connectivity index (χ2v) is 10.1. The summed E-state index contributed by atoms with van der Waals surface area (Å²) in [6.07, 6.45) is -0.551. The number of benzene rings is 2. The number of amides is 3. The summed E-state index contributed by atoms with van der Waals surface area (Å²) in [5, 5.41) is 5.29. The predicted octanol–water partition coefficient (Wildman–Crippen LogP) is 3.02. The third kappa shape index (κ3) is 9.18. The lowest BCUT2D eigenvalue weighted by atomic mass is 10.0. The second kappa shape index (κ2) is 14.2. The summed E-state index contributed by atoms with van der Waals surface area (Å²) in [6, 6.07) is 10.5.